The lowest BCUT2D eigenvalue weighted by Gasteiger charge is -2.07. The third-order valence-corrected chi connectivity index (χ3v) is 8.84. The van der Waals surface area contributed by atoms with Gasteiger partial charge in [0.2, 0.25) is 0 Å². The number of hydrogen-bond donors (Lipinski definition) is 0. The van der Waals surface area contributed by atoms with E-state index in [1.165, 1.54) is 57.8 Å². The van der Waals surface area contributed by atoms with Gasteiger partial charge in [-0.3, -0.25) is 0 Å². The summed E-state index contributed by atoms with van der Waals surface area (Å²) >= 11 is 0. The monoisotopic (exact) mass is 684 g/mol. The summed E-state index contributed by atoms with van der Waals surface area (Å²) in [5, 5.41) is 0. The fourth-order valence-electron chi connectivity index (χ4n) is 5.75. The summed E-state index contributed by atoms with van der Waals surface area (Å²) in [5.74, 6) is 2.80. The first-order chi connectivity index (χ1) is 25.1. The van der Waals surface area contributed by atoms with Gasteiger partial charge >= 0.3 is 0 Å². The minimum absolute atomic E-state index is 0.778. The minimum atomic E-state index is 0.778. The summed E-state index contributed by atoms with van der Waals surface area (Å²) in [6.45, 7) is 9.03. The predicted octanol–water partition coefficient (Wildman–Crippen LogP) is 14.1. The highest BCUT2D eigenvalue weighted by Crippen LogP contribution is 2.22. The summed E-state index contributed by atoms with van der Waals surface area (Å²) < 4.78 is 17.8. The maximum absolute atomic E-state index is 5.95. The van der Waals surface area contributed by atoms with Gasteiger partial charge in [-0.1, -0.05) is 151 Å². The molecule has 0 heterocycles. The van der Waals surface area contributed by atoms with Crippen molar-refractivity contribution in [1.82, 2.24) is 0 Å². The van der Waals surface area contributed by atoms with E-state index in [-0.39, 0.29) is 0 Å². The first kappa shape index (κ1) is 39.3. The SMILES string of the molecule is CCCCCCOc1ccc(/C=C/c2cc(/C=C/c3ccc(OCCCCCC)cc3)cc(/C=C/c3ccc(OCCCCCC)cc3)c2)cc1. The average molecular weight is 685 g/mol. The molecule has 4 aromatic carbocycles. The van der Waals surface area contributed by atoms with Crippen molar-refractivity contribution in [2.45, 2.75) is 97.8 Å². The van der Waals surface area contributed by atoms with E-state index in [0.29, 0.717) is 0 Å². The normalized spacial score (nSPS) is 11.6. The summed E-state index contributed by atoms with van der Waals surface area (Å²) in [6.07, 6.45) is 27.6. The molecule has 0 spiro atoms. The molecule has 4 rings (SSSR count). The highest BCUT2D eigenvalue weighted by atomic mass is 16.5. The predicted molar refractivity (Wildman–Crippen MR) is 221 cm³/mol. The minimum Gasteiger partial charge on any atom is -0.494 e. The molecule has 0 aromatic heterocycles. The van der Waals surface area contributed by atoms with Crippen molar-refractivity contribution in [2.24, 2.45) is 0 Å². The molecular weight excluding hydrogens is 625 g/mol. The quantitative estimate of drug-likeness (QED) is 0.0543. The lowest BCUT2D eigenvalue weighted by Crippen LogP contribution is -1.96. The van der Waals surface area contributed by atoms with Gasteiger partial charge in [-0.2, -0.15) is 0 Å². The van der Waals surface area contributed by atoms with E-state index in [0.717, 1.165) is 89.7 Å². The van der Waals surface area contributed by atoms with Crippen LogP contribution < -0.4 is 14.2 Å². The summed E-state index contributed by atoms with van der Waals surface area (Å²) in [4.78, 5) is 0. The third kappa shape index (κ3) is 15.9. The molecule has 0 unspecified atom stereocenters. The molecule has 0 amide bonds. The van der Waals surface area contributed by atoms with Crippen LogP contribution in [0, 0.1) is 0 Å². The van der Waals surface area contributed by atoms with Gasteiger partial charge in [0.25, 0.3) is 0 Å². The Kier molecular flexibility index (Phi) is 18.4. The van der Waals surface area contributed by atoms with E-state index in [1.54, 1.807) is 0 Å². The van der Waals surface area contributed by atoms with Crippen molar-refractivity contribution in [3.05, 3.63) is 124 Å². The third-order valence-electron chi connectivity index (χ3n) is 8.84. The van der Waals surface area contributed by atoms with Crippen molar-refractivity contribution < 1.29 is 14.2 Å². The number of rotatable bonds is 24. The second kappa shape index (κ2) is 23.8. The van der Waals surface area contributed by atoms with Crippen molar-refractivity contribution in [3.8, 4) is 17.2 Å². The van der Waals surface area contributed by atoms with Gasteiger partial charge in [-0.05, 0) is 107 Å². The van der Waals surface area contributed by atoms with Crippen molar-refractivity contribution >= 4 is 36.5 Å². The van der Waals surface area contributed by atoms with Crippen molar-refractivity contribution in [2.75, 3.05) is 19.8 Å². The van der Waals surface area contributed by atoms with Gasteiger partial charge in [0.15, 0.2) is 0 Å². The van der Waals surface area contributed by atoms with Gasteiger partial charge in [-0.15, -0.1) is 0 Å². The molecule has 4 aromatic rings. The molecule has 0 fully saturated rings. The molecule has 3 nitrogen and oxygen atoms in total. The van der Waals surface area contributed by atoms with Crippen LogP contribution in [-0.2, 0) is 0 Å². The van der Waals surface area contributed by atoms with Gasteiger partial charge in [-0.25, -0.2) is 0 Å². The largest absolute Gasteiger partial charge is 0.494 e. The van der Waals surface area contributed by atoms with Crippen molar-refractivity contribution in [3.63, 3.8) is 0 Å². The van der Waals surface area contributed by atoms with E-state index >= 15 is 0 Å². The molecule has 0 saturated heterocycles. The van der Waals surface area contributed by atoms with Crippen LogP contribution in [0.25, 0.3) is 36.5 Å². The zero-order valence-electron chi connectivity index (χ0n) is 31.5. The van der Waals surface area contributed by atoms with Crippen LogP contribution >= 0.6 is 0 Å². The molecule has 0 N–H and O–H groups in total. The number of ether oxygens (including phenoxy) is 3. The molecule has 0 aliphatic rings. The molecule has 51 heavy (non-hydrogen) atoms. The maximum Gasteiger partial charge on any atom is 0.119 e. The molecule has 0 bridgehead atoms. The van der Waals surface area contributed by atoms with Crippen LogP contribution in [0.3, 0.4) is 0 Å². The Hall–Kier alpha value is -4.50. The Balaban J connectivity index is 1.44. The van der Waals surface area contributed by atoms with E-state index in [4.69, 9.17) is 14.2 Å². The molecular formula is C48H60O3. The van der Waals surface area contributed by atoms with E-state index in [2.05, 4.69) is 148 Å². The fourth-order valence-corrected chi connectivity index (χ4v) is 5.75. The Morgan fingerprint density at radius 2 is 0.569 bits per heavy atom. The van der Waals surface area contributed by atoms with E-state index in [1.807, 2.05) is 0 Å². The Bertz CT molecular complexity index is 1390. The smallest absolute Gasteiger partial charge is 0.119 e. The Morgan fingerprint density at radius 1 is 0.314 bits per heavy atom. The lowest BCUT2D eigenvalue weighted by molar-refractivity contribution is 0.305. The first-order valence-electron chi connectivity index (χ1n) is 19.5. The van der Waals surface area contributed by atoms with Crippen LogP contribution in [0.2, 0.25) is 0 Å². The molecule has 270 valence electrons. The van der Waals surface area contributed by atoms with Gasteiger partial charge in [0, 0.05) is 0 Å². The number of benzene rings is 4. The number of hydrogen-bond acceptors (Lipinski definition) is 3. The zero-order valence-corrected chi connectivity index (χ0v) is 31.5. The average Bonchev–Trinajstić information content (AvgIpc) is 3.16. The number of unbranched alkanes of at least 4 members (excludes halogenated alkanes) is 9. The van der Waals surface area contributed by atoms with Crippen LogP contribution in [0.15, 0.2) is 91.0 Å². The van der Waals surface area contributed by atoms with E-state index in [9.17, 15) is 0 Å². The van der Waals surface area contributed by atoms with Crippen LogP contribution in [0.1, 0.15) is 131 Å². The van der Waals surface area contributed by atoms with Gasteiger partial charge < -0.3 is 14.2 Å². The highest BCUT2D eigenvalue weighted by Gasteiger charge is 2.01. The maximum atomic E-state index is 5.95. The van der Waals surface area contributed by atoms with Crippen molar-refractivity contribution in [1.29, 1.82) is 0 Å². The molecule has 0 aliphatic heterocycles. The fraction of sp³-hybridized carbons (Fsp3) is 0.375. The first-order valence-corrected chi connectivity index (χ1v) is 19.5. The van der Waals surface area contributed by atoms with Crippen LogP contribution in [-0.4, -0.2) is 19.8 Å². The van der Waals surface area contributed by atoms with Crippen LogP contribution in [0.5, 0.6) is 17.2 Å². The van der Waals surface area contributed by atoms with Crippen LogP contribution in [0.4, 0.5) is 0 Å². The summed E-state index contributed by atoms with van der Waals surface area (Å²) in [7, 11) is 0. The van der Waals surface area contributed by atoms with Gasteiger partial charge in [0.1, 0.15) is 17.2 Å². The standard InChI is InChI=1S/C48H60O3/c1-4-7-10-13-34-49-46-28-22-40(23-29-46)16-19-43-37-44(20-17-41-24-30-47(31-25-41)50-35-14-11-8-5-2)39-45(38-43)21-18-42-26-32-48(33-27-42)51-36-15-12-9-6-3/h16-33,37-39H,4-15,34-36H2,1-3H3/b19-16+,20-17+,21-18+. The molecule has 3 heteroatoms. The molecule has 0 aliphatic carbocycles. The molecule has 0 saturated carbocycles. The second-order valence-electron chi connectivity index (χ2n) is 13.4. The topological polar surface area (TPSA) is 27.7 Å². The Morgan fingerprint density at radius 3 is 0.824 bits per heavy atom. The van der Waals surface area contributed by atoms with Gasteiger partial charge in [0.05, 0.1) is 19.8 Å². The lowest BCUT2D eigenvalue weighted by atomic mass is 10.0. The summed E-state index contributed by atoms with van der Waals surface area (Å²) in [5.41, 5.74) is 6.87. The molecule has 0 atom stereocenters. The summed E-state index contributed by atoms with van der Waals surface area (Å²) in [6, 6.07) is 31.9. The second-order valence-corrected chi connectivity index (χ2v) is 13.4. The zero-order chi connectivity index (χ0) is 35.8. The highest BCUT2D eigenvalue weighted by molar-refractivity contribution is 5.79. The Labute approximate surface area is 309 Å². The van der Waals surface area contributed by atoms with E-state index < -0.39 is 0 Å². The molecule has 0 radical (unpaired) electrons.